The van der Waals surface area contributed by atoms with Gasteiger partial charge < -0.3 is 4.57 Å². The summed E-state index contributed by atoms with van der Waals surface area (Å²) in [4.78, 5) is 0. The molecular weight excluding hydrogens is 200 g/mol. The van der Waals surface area contributed by atoms with E-state index in [4.69, 9.17) is 6.42 Å². The molecule has 1 aromatic heterocycles. The summed E-state index contributed by atoms with van der Waals surface area (Å²) in [6.45, 7) is 3.85. The summed E-state index contributed by atoms with van der Waals surface area (Å²) >= 11 is 0. The van der Waals surface area contributed by atoms with Crippen LogP contribution >= 0.6 is 0 Å². The lowest BCUT2D eigenvalue weighted by Gasteiger charge is -2.16. The van der Waals surface area contributed by atoms with E-state index >= 15 is 0 Å². The van der Waals surface area contributed by atoms with Crippen molar-refractivity contribution in [2.45, 2.75) is 51.7 Å². The predicted octanol–water partition coefficient (Wildman–Crippen LogP) is 1.12. The summed E-state index contributed by atoms with van der Waals surface area (Å²) in [5.41, 5.74) is 0. The van der Waals surface area contributed by atoms with E-state index in [0.717, 1.165) is 37.6 Å². The zero-order valence-corrected chi connectivity index (χ0v) is 9.74. The van der Waals surface area contributed by atoms with E-state index in [1.54, 1.807) is 0 Å². The van der Waals surface area contributed by atoms with Crippen LogP contribution in [0.5, 0.6) is 0 Å². The average Bonchev–Trinajstić information content (AvgIpc) is 2.74. The molecule has 0 aromatic carbocycles. The predicted molar refractivity (Wildman–Crippen MR) is 62.7 cm³/mol. The van der Waals surface area contributed by atoms with Gasteiger partial charge in [-0.05, 0) is 19.3 Å². The van der Waals surface area contributed by atoms with Crippen molar-refractivity contribution in [1.29, 1.82) is 0 Å². The highest BCUT2D eigenvalue weighted by Gasteiger charge is 2.15. The first kappa shape index (κ1) is 11.2. The summed E-state index contributed by atoms with van der Waals surface area (Å²) < 4.78 is 2.22. The van der Waals surface area contributed by atoms with Crippen LogP contribution in [0.4, 0.5) is 0 Å². The molecule has 0 radical (unpaired) electrons. The number of rotatable bonds is 4. The van der Waals surface area contributed by atoms with Gasteiger partial charge in [0.15, 0.2) is 0 Å². The van der Waals surface area contributed by atoms with E-state index in [0.29, 0.717) is 0 Å². The Morgan fingerprint density at radius 2 is 2.38 bits per heavy atom. The summed E-state index contributed by atoms with van der Waals surface area (Å²) in [5.74, 6) is 4.86. The van der Waals surface area contributed by atoms with Crippen molar-refractivity contribution >= 4 is 0 Å². The van der Waals surface area contributed by atoms with Crippen molar-refractivity contribution in [3.63, 3.8) is 0 Å². The standard InChI is InChI=1S/C12H18N4/c1-3-10(4-2)13-9-12-15-14-11-7-5-6-8-16(11)12/h1,10,13H,4-9H2,2H3. The highest BCUT2D eigenvalue weighted by molar-refractivity contribution is 5.02. The van der Waals surface area contributed by atoms with Gasteiger partial charge in [0.2, 0.25) is 0 Å². The normalized spacial score (nSPS) is 16.5. The van der Waals surface area contributed by atoms with Crippen LogP contribution in [0, 0.1) is 12.3 Å². The number of nitrogens with zero attached hydrogens (tertiary/aromatic N) is 3. The minimum absolute atomic E-state index is 0.136. The Labute approximate surface area is 96.5 Å². The van der Waals surface area contributed by atoms with Gasteiger partial charge in [0, 0.05) is 13.0 Å². The molecular formula is C12H18N4. The second kappa shape index (κ2) is 5.13. The smallest absolute Gasteiger partial charge is 0.147 e. The Morgan fingerprint density at radius 3 is 3.12 bits per heavy atom. The molecule has 0 bridgehead atoms. The van der Waals surface area contributed by atoms with Gasteiger partial charge >= 0.3 is 0 Å². The number of aryl methyl sites for hydroxylation is 1. The van der Waals surface area contributed by atoms with Crippen LogP contribution < -0.4 is 5.32 Å². The topological polar surface area (TPSA) is 42.7 Å². The van der Waals surface area contributed by atoms with E-state index in [9.17, 15) is 0 Å². The maximum atomic E-state index is 5.41. The molecule has 0 spiro atoms. The molecule has 0 saturated heterocycles. The Balaban J connectivity index is 2.00. The van der Waals surface area contributed by atoms with Crippen LogP contribution in [0.25, 0.3) is 0 Å². The van der Waals surface area contributed by atoms with E-state index in [-0.39, 0.29) is 6.04 Å². The molecule has 86 valence electrons. The van der Waals surface area contributed by atoms with Crippen molar-refractivity contribution in [3.8, 4) is 12.3 Å². The van der Waals surface area contributed by atoms with Crippen LogP contribution in [-0.4, -0.2) is 20.8 Å². The van der Waals surface area contributed by atoms with E-state index in [1.165, 1.54) is 12.8 Å². The molecule has 2 heterocycles. The molecule has 1 unspecified atom stereocenters. The molecule has 1 aliphatic heterocycles. The van der Waals surface area contributed by atoms with Gasteiger partial charge in [-0.25, -0.2) is 0 Å². The first-order chi connectivity index (χ1) is 7.85. The largest absolute Gasteiger partial charge is 0.314 e. The van der Waals surface area contributed by atoms with Gasteiger partial charge in [0.1, 0.15) is 11.6 Å². The SMILES string of the molecule is C#CC(CC)NCc1nnc2n1CCCC2. The number of fused-ring (bicyclic) bond motifs is 1. The molecule has 0 amide bonds. The molecule has 0 fully saturated rings. The lowest BCUT2D eigenvalue weighted by atomic mass is 10.1. The zero-order chi connectivity index (χ0) is 11.4. The fraction of sp³-hybridized carbons (Fsp3) is 0.667. The quantitative estimate of drug-likeness (QED) is 0.770. The van der Waals surface area contributed by atoms with Gasteiger partial charge in [-0.15, -0.1) is 16.6 Å². The molecule has 4 heteroatoms. The van der Waals surface area contributed by atoms with E-state index < -0.39 is 0 Å². The Hall–Kier alpha value is -1.34. The summed E-state index contributed by atoms with van der Waals surface area (Å²) in [6.07, 6.45) is 9.86. The van der Waals surface area contributed by atoms with E-state index in [2.05, 4.69) is 32.9 Å². The van der Waals surface area contributed by atoms with Crippen LogP contribution in [0.2, 0.25) is 0 Å². The van der Waals surface area contributed by atoms with Crippen molar-refractivity contribution in [2.75, 3.05) is 0 Å². The second-order valence-corrected chi connectivity index (χ2v) is 4.15. The van der Waals surface area contributed by atoms with Crippen LogP contribution in [0.3, 0.4) is 0 Å². The third-order valence-corrected chi connectivity index (χ3v) is 3.05. The fourth-order valence-electron chi connectivity index (χ4n) is 2.03. The van der Waals surface area contributed by atoms with Gasteiger partial charge in [0.05, 0.1) is 12.6 Å². The van der Waals surface area contributed by atoms with Gasteiger partial charge in [-0.3, -0.25) is 5.32 Å². The van der Waals surface area contributed by atoms with Gasteiger partial charge in [0.25, 0.3) is 0 Å². The Morgan fingerprint density at radius 1 is 1.50 bits per heavy atom. The van der Waals surface area contributed by atoms with Gasteiger partial charge in [-0.2, -0.15) is 0 Å². The third kappa shape index (κ3) is 2.25. The maximum Gasteiger partial charge on any atom is 0.147 e. The molecule has 16 heavy (non-hydrogen) atoms. The van der Waals surface area contributed by atoms with Crippen molar-refractivity contribution < 1.29 is 0 Å². The van der Waals surface area contributed by atoms with Crippen molar-refractivity contribution in [2.24, 2.45) is 0 Å². The van der Waals surface area contributed by atoms with Crippen LogP contribution in [0.1, 0.15) is 37.8 Å². The summed E-state index contributed by atoms with van der Waals surface area (Å²) in [5, 5.41) is 11.7. The molecule has 2 rings (SSSR count). The number of nitrogens with one attached hydrogen (secondary N) is 1. The maximum absolute atomic E-state index is 5.41. The third-order valence-electron chi connectivity index (χ3n) is 3.05. The van der Waals surface area contributed by atoms with E-state index in [1.807, 2.05) is 0 Å². The van der Waals surface area contributed by atoms with Crippen molar-refractivity contribution in [1.82, 2.24) is 20.1 Å². The monoisotopic (exact) mass is 218 g/mol. The summed E-state index contributed by atoms with van der Waals surface area (Å²) in [7, 11) is 0. The minimum Gasteiger partial charge on any atom is -0.314 e. The molecule has 1 N–H and O–H groups in total. The average molecular weight is 218 g/mol. The highest BCUT2D eigenvalue weighted by atomic mass is 15.3. The number of terminal acetylenes is 1. The molecule has 4 nitrogen and oxygen atoms in total. The molecule has 1 atom stereocenters. The number of hydrogen-bond acceptors (Lipinski definition) is 3. The summed E-state index contributed by atoms with van der Waals surface area (Å²) in [6, 6.07) is 0.136. The second-order valence-electron chi connectivity index (χ2n) is 4.15. The molecule has 0 saturated carbocycles. The molecule has 1 aliphatic rings. The highest BCUT2D eigenvalue weighted by Crippen LogP contribution is 2.14. The van der Waals surface area contributed by atoms with Gasteiger partial charge in [-0.1, -0.05) is 12.8 Å². The minimum atomic E-state index is 0.136. The lowest BCUT2D eigenvalue weighted by Crippen LogP contribution is -2.28. The van der Waals surface area contributed by atoms with Crippen LogP contribution in [-0.2, 0) is 19.5 Å². The first-order valence-corrected chi connectivity index (χ1v) is 5.95. The lowest BCUT2D eigenvalue weighted by molar-refractivity contribution is 0.488. The Kier molecular flexibility index (Phi) is 3.58. The zero-order valence-electron chi connectivity index (χ0n) is 9.74. The Bertz CT molecular complexity index is 388. The molecule has 0 aliphatic carbocycles. The fourth-order valence-corrected chi connectivity index (χ4v) is 2.03. The van der Waals surface area contributed by atoms with Crippen LogP contribution in [0.15, 0.2) is 0 Å². The first-order valence-electron chi connectivity index (χ1n) is 5.95. The molecule has 1 aromatic rings. The number of hydrogen-bond donors (Lipinski definition) is 1. The number of aromatic nitrogens is 3. The van der Waals surface area contributed by atoms with Crippen molar-refractivity contribution in [3.05, 3.63) is 11.6 Å².